The molecule has 1 heterocycles. The van der Waals surface area contributed by atoms with E-state index in [0.717, 1.165) is 25.7 Å². The van der Waals surface area contributed by atoms with Crippen LogP contribution in [-0.2, 0) is 9.59 Å². The second-order valence-corrected chi connectivity index (χ2v) is 6.47. The number of rotatable bonds is 3. The summed E-state index contributed by atoms with van der Waals surface area (Å²) in [7, 11) is 0. The Hall–Kier alpha value is -1.88. The van der Waals surface area contributed by atoms with E-state index >= 15 is 0 Å². The van der Waals surface area contributed by atoms with Crippen LogP contribution in [0.15, 0.2) is 29.4 Å². The van der Waals surface area contributed by atoms with E-state index in [9.17, 15) is 9.59 Å². The van der Waals surface area contributed by atoms with Gasteiger partial charge in [-0.3, -0.25) is 9.59 Å². The molecule has 1 aliphatic carbocycles. The van der Waals surface area contributed by atoms with Crippen LogP contribution in [0.1, 0.15) is 44.9 Å². The van der Waals surface area contributed by atoms with Crippen LogP contribution in [0, 0.1) is 0 Å². The summed E-state index contributed by atoms with van der Waals surface area (Å²) in [5.74, 6) is -0.259. The molecule has 6 heteroatoms. The van der Waals surface area contributed by atoms with Gasteiger partial charge in [-0.15, -0.1) is 0 Å². The number of nitrogens with zero attached hydrogens (tertiary/aromatic N) is 2. The van der Waals surface area contributed by atoms with Crippen molar-refractivity contribution in [2.75, 3.05) is 5.01 Å². The largest absolute Gasteiger partial charge is 0.348 e. The maximum absolute atomic E-state index is 12.4. The molecule has 0 unspecified atom stereocenters. The first-order chi connectivity index (χ1) is 11.1. The van der Waals surface area contributed by atoms with Crippen molar-refractivity contribution in [1.29, 1.82) is 0 Å². The third-order valence-corrected chi connectivity index (χ3v) is 4.56. The summed E-state index contributed by atoms with van der Waals surface area (Å²) < 4.78 is 0. The van der Waals surface area contributed by atoms with E-state index < -0.39 is 0 Å². The summed E-state index contributed by atoms with van der Waals surface area (Å²) in [5.41, 5.74) is 1.05. The Bertz CT molecular complexity index is 621. The number of anilines is 1. The molecule has 0 saturated heterocycles. The first-order valence-electron chi connectivity index (χ1n) is 8.10. The molecule has 0 aromatic heterocycles. The third-order valence-electron chi connectivity index (χ3n) is 4.31. The number of benzene rings is 1. The van der Waals surface area contributed by atoms with Crippen LogP contribution < -0.4 is 10.3 Å². The van der Waals surface area contributed by atoms with Crippen molar-refractivity contribution in [3.05, 3.63) is 29.3 Å². The van der Waals surface area contributed by atoms with Gasteiger partial charge in [0, 0.05) is 23.9 Å². The summed E-state index contributed by atoms with van der Waals surface area (Å²) in [4.78, 5) is 24.5. The molecule has 0 atom stereocenters. The summed E-state index contributed by atoms with van der Waals surface area (Å²) >= 11 is 5.87. The van der Waals surface area contributed by atoms with Crippen molar-refractivity contribution in [1.82, 2.24) is 5.32 Å². The molecule has 1 aromatic carbocycles. The van der Waals surface area contributed by atoms with E-state index in [1.54, 1.807) is 24.3 Å². The van der Waals surface area contributed by atoms with Gasteiger partial charge in [0.2, 0.25) is 5.91 Å². The number of carbonyl (C=O) groups excluding carboxylic acids is 2. The molecule has 1 fully saturated rings. The predicted molar refractivity (Wildman–Crippen MR) is 90.6 cm³/mol. The molecule has 2 aliphatic rings. The quantitative estimate of drug-likeness (QED) is 0.922. The standard InChI is InChI=1S/C17H20ClN3O2/c18-12-6-8-14(9-7-12)21-16(22)11-10-15(20-21)17(23)19-13-4-2-1-3-5-13/h6-9,13H,1-5,10-11H2,(H,19,23). The van der Waals surface area contributed by atoms with Crippen LogP contribution in [0.2, 0.25) is 5.02 Å². The Morgan fingerprint density at radius 2 is 1.83 bits per heavy atom. The first kappa shape index (κ1) is 16.0. The number of hydrazone groups is 1. The normalized spacial score (nSPS) is 19.4. The highest BCUT2D eigenvalue weighted by molar-refractivity contribution is 6.40. The summed E-state index contributed by atoms with van der Waals surface area (Å²) in [6, 6.07) is 7.10. The van der Waals surface area contributed by atoms with Crippen molar-refractivity contribution in [2.24, 2.45) is 5.10 Å². The second-order valence-electron chi connectivity index (χ2n) is 6.04. The molecule has 2 amide bonds. The monoisotopic (exact) mass is 333 g/mol. The van der Waals surface area contributed by atoms with Gasteiger partial charge in [0.05, 0.1) is 5.69 Å². The van der Waals surface area contributed by atoms with Crippen LogP contribution in [0.3, 0.4) is 0 Å². The van der Waals surface area contributed by atoms with Gasteiger partial charge in [0.1, 0.15) is 5.71 Å². The van der Waals surface area contributed by atoms with Gasteiger partial charge in [0.25, 0.3) is 5.91 Å². The molecule has 1 aromatic rings. The number of nitrogens with one attached hydrogen (secondary N) is 1. The fourth-order valence-electron chi connectivity index (χ4n) is 3.02. The lowest BCUT2D eigenvalue weighted by Gasteiger charge is -2.26. The van der Waals surface area contributed by atoms with Crippen LogP contribution in [0.25, 0.3) is 0 Å². The first-order valence-corrected chi connectivity index (χ1v) is 8.48. The third kappa shape index (κ3) is 3.91. The Morgan fingerprint density at radius 3 is 2.52 bits per heavy atom. The van der Waals surface area contributed by atoms with Crippen molar-refractivity contribution in [2.45, 2.75) is 51.0 Å². The lowest BCUT2D eigenvalue weighted by molar-refractivity contribution is -0.119. The molecule has 0 bridgehead atoms. The van der Waals surface area contributed by atoms with E-state index in [0.29, 0.717) is 29.3 Å². The minimum absolute atomic E-state index is 0.110. The molecular weight excluding hydrogens is 314 g/mol. The molecule has 122 valence electrons. The van der Waals surface area contributed by atoms with Gasteiger partial charge in [-0.05, 0) is 37.1 Å². The lowest BCUT2D eigenvalue weighted by atomic mass is 9.95. The van der Waals surface area contributed by atoms with Gasteiger partial charge < -0.3 is 5.32 Å². The van der Waals surface area contributed by atoms with E-state index in [1.165, 1.54) is 11.4 Å². The molecule has 1 aliphatic heterocycles. The minimum Gasteiger partial charge on any atom is -0.348 e. The number of hydrogen-bond donors (Lipinski definition) is 1. The number of carbonyl (C=O) groups is 2. The maximum Gasteiger partial charge on any atom is 0.267 e. The molecule has 5 nitrogen and oxygen atoms in total. The number of hydrogen-bond acceptors (Lipinski definition) is 3. The smallest absolute Gasteiger partial charge is 0.267 e. The van der Waals surface area contributed by atoms with E-state index in [1.807, 2.05) is 0 Å². The Labute approximate surface area is 140 Å². The van der Waals surface area contributed by atoms with Crippen LogP contribution >= 0.6 is 11.6 Å². The summed E-state index contributed by atoms with van der Waals surface area (Å²) in [5, 5.41) is 9.23. The van der Waals surface area contributed by atoms with Crippen molar-refractivity contribution < 1.29 is 9.59 Å². The molecule has 23 heavy (non-hydrogen) atoms. The average Bonchev–Trinajstić information content (AvgIpc) is 2.57. The topological polar surface area (TPSA) is 61.8 Å². The highest BCUT2D eigenvalue weighted by Crippen LogP contribution is 2.23. The Morgan fingerprint density at radius 1 is 1.13 bits per heavy atom. The Kier molecular flexibility index (Phi) is 4.96. The molecule has 3 rings (SSSR count). The van der Waals surface area contributed by atoms with E-state index in [4.69, 9.17) is 11.6 Å². The molecule has 0 spiro atoms. The molecule has 1 N–H and O–H groups in total. The zero-order chi connectivity index (χ0) is 16.2. The highest BCUT2D eigenvalue weighted by Gasteiger charge is 2.27. The van der Waals surface area contributed by atoms with Crippen LogP contribution in [-0.4, -0.2) is 23.6 Å². The maximum atomic E-state index is 12.4. The van der Waals surface area contributed by atoms with Gasteiger partial charge in [-0.25, -0.2) is 5.01 Å². The van der Waals surface area contributed by atoms with Crippen LogP contribution in [0.5, 0.6) is 0 Å². The molecule has 0 radical (unpaired) electrons. The van der Waals surface area contributed by atoms with Gasteiger partial charge in [-0.1, -0.05) is 30.9 Å². The minimum atomic E-state index is -0.150. The summed E-state index contributed by atoms with van der Waals surface area (Å²) in [6.45, 7) is 0. The van der Waals surface area contributed by atoms with E-state index in [-0.39, 0.29) is 17.9 Å². The van der Waals surface area contributed by atoms with Crippen LogP contribution in [0.4, 0.5) is 5.69 Å². The fourth-order valence-corrected chi connectivity index (χ4v) is 3.14. The Balaban J connectivity index is 1.73. The molecule has 1 saturated carbocycles. The van der Waals surface area contributed by atoms with Gasteiger partial charge >= 0.3 is 0 Å². The predicted octanol–water partition coefficient (Wildman–Crippen LogP) is 3.27. The second kappa shape index (κ2) is 7.13. The SMILES string of the molecule is O=C(NC1CCCCC1)C1=NN(c2ccc(Cl)cc2)C(=O)CC1. The average molecular weight is 334 g/mol. The van der Waals surface area contributed by atoms with Crippen molar-refractivity contribution in [3.63, 3.8) is 0 Å². The number of amides is 2. The van der Waals surface area contributed by atoms with Gasteiger partial charge in [0.15, 0.2) is 0 Å². The lowest BCUT2D eigenvalue weighted by Crippen LogP contribution is -2.43. The van der Waals surface area contributed by atoms with Crippen molar-refractivity contribution in [3.8, 4) is 0 Å². The van der Waals surface area contributed by atoms with E-state index in [2.05, 4.69) is 10.4 Å². The highest BCUT2D eigenvalue weighted by atomic mass is 35.5. The molecular formula is C17H20ClN3O2. The fraction of sp³-hybridized carbons (Fsp3) is 0.471. The summed E-state index contributed by atoms with van der Waals surface area (Å²) in [6.07, 6.45) is 6.30. The number of halogens is 1. The van der Waals surface area contributed by atoms with Crippen molar-refractivity contribution >= 4 is 34.8 Å². The zero-order valence-electron chi connectivity index (χ0n) is 12.9. The zero-order valence-corrected chi connectivity index (χ0v) is 13.7. The van der Waals surface area contributed by atoms with Gasteiger partial charge in [-0.2, -0.15) is 5.10 Å².